The molecule has 0 aliphatic carbocycles. The monoisotopic (exact) mass is 282 g/mol. The van der Waals surface area contributed by atoms with Gasteiger partial charge in [-0.2, -0.15) is 0 Å². The van der Waals surface area contributed by atoms with Gasteiger partial charge < -0.3 is 40.9 Å². The highest BCUT2D eigenvalue weighted by Crippen LogP contribution is 2.53. The summed E-state index contributed by atoms with van der Waals surface area (Å²) in [5, 5.41) is 75.3. The molecule has 0 fully saturated rings. The molecule has 0 atom stereocenters. The van der Waals surface area contributed by atoms with Crippen molar-refractivity contribution < 1.29 is 40.9 Å². The van der Waals surface area contributed by atoms with E-state index in [9.17, 15) is 40.9 Å². The van der Waals surface area contributed by atoms with Crippen LogP contribution in [0.3, 0.4) is 0 Å². The van der Waals surface area contributed by atoms with Crippen LogP contribution in [0.2, 0.25) is 0 Å². The highest BCUT2D eigenvalue weighted by Gasteiger charge is 2.23. The van der Waals surface area contributed by atoms with Gasteiger partial charge in [-0.3, -0.25) is 0 Å². The average Bonchev–Trinajstić information content (AvgIpc) is 2.42. The average molecular weight is 282 g/mol. The van der Waals surface area contributed by atoms with Crippen molar-refractivity contribution in [3.63, 3.8) is 0 Å². The Morgan fingerprint density at radius 1 is 0.400 bits per heavy atom. The lowest BCUT2D eigenvalue weighted by atomic mass is 10.0. The van der Waals surface area contributed by atoms with E-state index in [1.807, 2.05) is 0 Å². The molecule has 2 aromatic rings. The van der Waals surface area contributed by atoms with Crippen LogP contribution in [-0.4, -0.2) is 40.9 Å². The number of hydrogen-bond acceptors (Lipinski definition) is 8. The van der Waals surface area contributed by atoms with E-state index in [1.54, 1.807) is 0 Å². The van der Waals surface area contributed by atoms with Crippen molar-refractivity contribution in [1.82, 2.24) is 0 Å². The highest BCUT2D eigenvalue weighted by atomic mass is 16.4. The van der Waals surface area contributed by atoms with Crippen molar-refractivity contribution >= 4 is 0 Å². The molecule has 0 heterocycles. The summed E-state index contributed by atoms with van der Waals surface area (Å²) in [5.41, 5.74) is -0.776. The Bertz CT molecular complexity index is 646. The van der Waals surface area contributed by atoms with Crippen molar-refractivity contribution in [1.29, 1.82) is 0 Å². The molecule has 0 unspecified atom stereocenters. The zero-order valence-corrected chi connectivity index (χ0v) is 9.73. The molecule has 8 heteroatoms. The molecule has 20 heavy (non-hydrogen) atoms. The van der Waals surface area contributed by atoms with Gasteiger partial charge >= 0.3 is 0 Å². The van der Waals surface area contributed by atoms with Crippen LogP contribution in [0.1, 0.15) is 0 Å². The third-order valence-corrected chi connectivity index (χ3v) is 2.74. The van der Waals surface area contributed by atoms with Gasteiger partial charge in [0.1, 0.15) is 0 Å². The summed E-state index contributed by atoms with van der Waals surface area (Å²) in [5.74, 6) is -7.46. The van der Waals surface area contributed by atoms with Crippen molar-refractivity contribution in [2.75, 3.05) is 0 Å². The lowest BCUT2D eigenvalue weighted by molar-refractivity contribution is 0.343. The van der Waals surface area contributed by atoms with Crippen LogP contribution in [-0.2, 0) is 0 Å². The maximum absolute atomic E-state index is 9.67. The fourth-order valence-electron chi connectivity index (χ4n) is 1.68. The Balaban J connectivity index is 2.83. The van der Waals surface area contributed by atoms with Crippen molar-refractivity contribution in [2.45, 2.75) is 0 Å². The van der Waals surface area contributed by atoms with Crippen LogP contribution in [0.4, 0.5) is 0 Å². The van der Waals surface area contributed by atoms with Crippen molar-refractivity contribution in [2.24, 2.45) is 0 Å². The van der Waals surface area contributed by atoms with Gasteiger partial charge in [0.2, 0.25) is 23.0 Å². The summed E-state index contributed by atoms with van der Waals surface area (Å²) in [6.07, 6.45) is 0. The number of hydrogen-bond donors (Lipinski definition) is 8. The Kier molecular flexibility index (Phi) is 2.78. The van der Waals surface area contributed by atoms with E-state index in [0.29, 0.717) is 0 Å². The number of aromatic hydroxyl groups is 8. The fourth-order valence-corrected chi connectivity index (χ4v) is 1.68. The minimum absolute atomic E-state index is 0.388. The molecule has 0 aliphatic heterocycles. The van der Waals surface area contributed by atoms with Gasteiger partial charge in [-0.25, -0.2) is 0 Å². The van der Waals surface area contributed by atoms with Gasteiger partial charge in [0.25, 0.3) is 0 Å². The molecule has 0 aromatic heterocycles. The number of benzene rings is 2. The predicted octanol–water partition coefficient (Wildman–Crippen LogP) is 0.998. The van der Waals surface area contributed by atoms with Crippen LogP contribution in [0, 0.1) is 0 Å². The fraction of sp³-hybridized carbons (Fsp3) is 0. The topological polar surface area (TPSA) is 162 Å². The molecule has 0 aliphatic rings. The minimum Gasteiger partial charge on any atom is -0.504 e. The van der Waals surface area contributed by atoms with E-state index in [-0.39, 0.29) is 11.1 Å². The summed E-state index contributed by atoms with van der Waals surface area (Å²) in [7, 11) is 0. The van der Waals surface area contributed by atoms with Crippen molar-refractivity contribution in [3.05, 3.63) is 12.1 Å². The quantitative estimate of drug-likeness (QED) is 0.283. The van der Waals surface area contributed by atoms with Crippen LogP contribution in [0.25, 0.3) is 11.1 Å². The normalized spacial score (nSPS) is 10.6. The van der Waals surface area contributed by atoms with E-state index in [1.165, 1.54) is 0 Å². The zero-order valence-electron chi connectivity index (χ0n) is 9.73. The first-order chi connectivity index (χ1) is 9.25. The molecule has 0 bridgehead atoms. The van der Waals surface area contributed by atoms with Gasteiger partial charge in [0.15, 0.2) is 23.0 Å². The Morgan fingerprint density at radius 2 is 0.700 bits per heavy atom. The molecule has 0 spiro atoms. The number of phenols is 8. The van der Waals surface area contributed by atoms with Gasteiger partial charge in [-0.1, -0.05) is 0 Å². The zero-order chi connectivity index (χ0) is 15.2. The third-order valence-electron chi connectivity index (χ3n) is 2.74. The SMILES string of the molecule is Oc1cc(-c2cc(O)c(O)c(O)c2O)c(O)c(O)c1O. The number of phenolic OH excluding ortho intramolecular Hbond substituents is 8. The molecule has 0 saturated heterocycles. The summed E-state index contributed by atoms with van der Waals surface area (Å²) >= 11 is 0. The van der Waals surface area contributed by atoms with Gasteiger partial charge in [-0.05, 0) is 12.1 Å². The van der Waals surface area contributed by atoms with Gasteiger partial charge in [-0.15, -0.1) is 0 Å². The van der Waals surface area contributed by atoms with Crippen LogP contribution < -0.4 is 0 Å². The standard InChI is InChI=1S/C12H10O8/c13-5-1-3(7(15)11(19)9(5)17)4-2-6(14)10(18)12(20)8(4)16/h1-2,13-20H. The first-order valence-corrected chi connectivity index (χ1v) is 5.19. The van der Waals surface area contributed by atoms with Crippen LogP contribution >= 0.6 is 0 Å². The van der Waals surface area contributed by atoms with Crippen LogP contribution in [0.15, 0.2) is 12.1 Å². The largest absolute Gasteiger partial charge is 0.504 e. The maximum atomic E-state index is 9.67. The minimum atomic E-state index is -1.05. The second kappa shape index (κ2) is 4.19. The molecular formula is C12H10O8. The first kappa shape index (κ1) is 13.3. The first-order valence-electron chi connectivity index (χ1n) is 5.19. The van der Waals surface area contributed by atoms with E-state index >= 15 is 0 Å². The summed E-state index contributed by atoms with van der Waals surface area (Å²) in [6, 6.07) is 1.57. The Morgan fingerprint density at radius 3 is 1.00 bits per heavy atom. The molecule has 0 amide bonds. The second-order valence-electron chi connectivity index (χ2n) is 3.98. The molecule has 2 aromatic carbocycles. The lowest BCUT2D eigenvalue weighted by Crippen LogP contribution is -1.85. The molecule has 0 saturated carbocycles. The number of rotatable bonds is 1. The molecule has 2 rings (SSSR count). The highest BCUT2D eigenvalue weighted by molar-refractivity contribution is 5.85. The molecule has 8 nitrogen and oxygen atoms in total. The summed E-state index contributed by atoms with van der Waals surface area (Å²) in [4.78, 5) is 0. The van der Waals surface area contributed by atoms with Gasteiger partial charge in [0, 0.05) is 11.1 Å². The van der Waals surface area contributed by atoms with Crippen molar-refractivity contribution in [3.8, 4) is 57.1 Å². The summed E-state index contributed by atoms with van der Waals surface area (Å²) in [6.45, 7) is 0. The summed E-state index contributed by atoms with van der Waals surface area (Å²) < 4.78 is 0. The second-order valence-corrected chi connectivity index (χ2v) is 3.98. The van der Waals surface area contributed by atoms with E-state index in [4.69, 9.17) is 0 Å². The predicted molar refractivity (Wildman–Crippen MR) is 65.2 cm³/mol. The van der Waals surface area contributed by atoms with E-state index < -0.39 is 46.0 Å². The molecular weight excluding hydrogens is 272 g/mol. The lowest BCUT2D eigenvalue weighted by Gasteiger charge is -2.13. The third kappa shape index (κ3) is 1.70. The molecule has 106 valence electrons. The van der Waals surface area contributed by atoms with E-state index in [0.717, 1.165) is 12.1 Å². The smallest absolute Gasteiger partial charge is 0.204 e. The van der Waals surface area contributed by atoms with E-state index in [2.05, 4.69) is 0 Å². The maximum Gasteiger partial charge on any atom is 0.204 e. The molecule has 8 N–H and O–H groups in total. The Hall–Kier alpha value is -3.16. The van der Waals surface area contributed by atoms with Crippen LogP contribution in [0.5, 0.6) is 46.0 Å². The molecule has 0 radical (unpaired) electrons. The van der Waals surface area contributed by atoms with Gasteiger partial charge in [0.05, 0.1) is 0 Å². The Labute approximate surface area is 111 Å².